The molecular weight excluding hydrogens is 264 g/mol. The van der Waals surface area contributed by atoms with E-state index < -0.39 is 5.41 Å². The van der Waals surface area contributed by atoms with Gasteiger partial charge in [-0.3, -0.25) is 9.59 Å². The Morgan fingerprint density at radius 2 is 1.71 bits per heavy atom. The molecule has 0 spiro atoms. The molecule has 4 nitrogen and oxygen atoms in total. The number of para-hydroxylation sites is 1. The molecule has 0 unspecified atom stereocenters. The second-order valence-corrected chi connectivity index (χ2v) is 5.66. The summed E-state index contributed by atoms with van der Waals surface area (Å²) in [5.74, 6) is -0.0315. The molecule has 0 saturated heterocycles. The van der Waals surface area contributed by atoms with E-state index >= 15 is 0 Å². The Hall–Kier alpha value is -2.10. The first-order valence-electron chi connectivity index (χ1n) is 7.36. The Morgan fingerprint density at radius 1 is 1.14 bits per heavy atom. The first kappa shape index (κ1) is 15.3. The van der Waals surface area contributed by atoms with E-state index in [0.29, 0.717) is 11.4 Å². The van der Waals surface area contributed by atoms with Crippen molar-refractivity contribution in [3.05, 3.63) is 52.4 Å². The van der Waals surface area contributed by atoms with Crippen molar-refractivity contribution in [3.8, 4) is 5.69 Å². The lowest BCUT2D eigenvalue weighted by Crippen LogP contribution is -2.37. The number of aryl methyl sites for hydroxylation is 1. The summed E-state index contributed by atoms with van der Waals surface area (Å²) < 4.78 is 2.98. The summed E-state index contributed by atoms with van der Waals surface area (Å²) >= 11 is 0. The fourth-order valence-electron chi connectivity index (χ4n) is 2.43. The Morgan fingerprint density at radius 3 is 2.24 bits per heavy atom. The molecule has 21 heavy (non-hydrogen) atoms. The fraction of sp³-hybridized carbons (Fsp3) is 0.412. The molecule has 4 heteroatoms. The zero-order chi connectivity index (χ0) is 15.6. The van der Waals surface area contributed by atoms with Crippen molar-refractivity contribution in [2.45, 2.75) is 40.5 Å². The maximum absolute atomic E-state index is 13.0. The third-order valence-electron chi connectivity index (χ3n) is 4.35. The van der Waals surface area contributed by atoms with E-state index in [0.717, 1.165) is 12.8 Å². The van der Waals surface area contributed by atoms with Gasteiger partial charge in [0.1, 0.15) is 0 Å². The average molecular weight is 286 g/mol. The van der Waals surface area contributed by atoms with Gasteiger partial charge in [0.2, 0.25) is 0 Å². The second kappa shape index (κ2) is 5.72. The molecule has 0 N–H and O–H groups in total. The lowest BCUT2D eigenvalue weighted by atomic mass is 9.84. The SMILES string of the molecule is CCC(C)(CC)C(=O)n1c(C)cc(=O)n1-c1ccccc1. The van der Waals surface area contributed by atoms with Crippen LogP contribution < -0.4 is 5.56 Å². The third-order valence-corrected chi connectivity index (χ3v) is 4.35. The van der Waals surface area contributed by atoms with Crippen molar-refractivity contribution < 1.29 is 4.79 Å². The number of nitrogens with zero attached hydrogens (tertiary/aromatic N) is 2. The van der Waals surface area contributed by atoms with Crippen LogP contribution in [-0.4, -0.2) is 15.3 Å². The van der Waals surface area contributed by atoms with Gasteiger partial charge in [-0.15, -0.1) is 0 Å². The van der Waals surface area contributed by atoms with Gasteiger partial charge in [-0.2, -0.15) is 0 Å². The Kier molecular flexibility index (Phi) is 4.16. The largest absolute Gasteiger partial charge is 0.272 e. The van der Waals surface area contributed by atoms with Crippen LogP contribution in [0.2, 0.25) is 0 Å². The second-order valence-electron chi connectivity index (χ2n) is 5.66. The number of hydrogen-bond donors (Lipinski definition) is 0. The Labute approximate surface area is 125 Å². The van der Waals surface area contributed by atoms with Gasteiger partial charge in [0.05, 0.1) is 5.69 Å². The van der Waals surface area contributed by atoms with E-state index in [1.807, 2.05) is 51.1 Å². The van der Waals surface area contributed by atoms with Crippen molar-refractivity contribution in [2.24, 2.45) is 5.41 Å². The lowest BCUT2D eigenvalue weighted by molar-refractivity contribution is 0.0674. The van der Waals surface area contributed by atoms with Gasteiger partial charge in [0.15, 0.2) is 0 Å². The molecule has 0 aliphatic rings. The van der Waals surface area contributed by atoms with Crippen LogP contribution in [0.1, 0.15) is 44.1 Å². The maximum Gasteiger partial charge on any atom is 0.272 e. The number of hydrogen-bond acceptors (Lipinski definition) is 2. The van der Waals surface area contributed by atoms with Gasteiger partial charge >= 0.3 is 0 Å². The smallest absolute Gasteiger partial charge is 0.272 e. The highest BCUT2D eigenvalue weighted by Gasteiger charge is 2.33. The standard InChI is InChI=1S/C17H22N2O2/c1-5-17(4,6-2)16(21)18-13(3)12-15(20)19(18)14-10-8-7-9-11-14/h7-12H,5-6H2,1-4H3. The van der Waals surface area contributed by atoms with Crippen molar-refractivity contribution >= 4 is 5.91 Å². The van der Waals surface area contributed by atoms with E-state index in [-0.39, 0.29) is 11.5 Å². The number of benzene rings is 1. The highest BCUT2D eigenvalue weighted by atomic mass is 16.2. The Balaban J connectivity index is 2.66. The van der Waals surface area contributed by atoms with Crippen molar-refractivity contribution in [1.29, 1.82) is 0 Å². The Bertz CT molecular complexity index is 691. The first-order valence-corrected chi connectivity index (χ1v) is 7.36. The number of rotatable bonds is 4. The fourth-order valence-corrected chi connectivity index (χ4v) is 2.43. The monoisotopic (exact) mass is 286 g/mol. The van der Waals surface area contributed by atoms with E-state index in [1.54, 1.807) is 6.92 Å². The first-order chi connectivity index (χ1) is 9.94. The zero-order valence-electron chi connectivity index (χ0n) is 13.1. The minimum Gasteiger partial charge on any atom is -0.272 e. The minimum absolute atomic E-state index is 0.0315. The van der Waals surface area contributed by atoms with Crippen LogP contribution >= 0.6 is 0 Å². The maximum atomic E-state index is 13.0. The van der Waals surface area contributed by atoms with Crippen molar-refractivity contribution in [1.82, 2.24) is 9.36 Å². The molecule has 0 saturated carbocycles. The summed E-state index contributed by atoms with van der Waals surface area (Å²) in [5, 5.41) is 0. The lowest BCUT2D eigenvalue weighted by Gasteiger charge is -2.27. The van der Waals surface area contributed by atoms with E-state index in [1.165, 1.54) is 15.4 Å². The molecule has 0 aliphatic heterocycles. The molecular formula is C17H22N2O2. The summed E-state index contributed by atoms with van der Waals surface area (Å²) in [5.41, 5.74) is 0.731. The van der Waals surface area contributed by atoms with Gasteiger partial charge in [0.25, 0.3) is 11.5 Å². The molecule has 0 radical (unpaired) electrons. The number of carbonyl (C=O) groups excluding carboxylic acids is 1. The van der Waals surface area contributed by atoms with Gasteiger partial charge in [0, 0.05) is 17.2 Å². The molecule has 0 aliphatic carbocycles. The number of aromatic nitrogens is 2. The van der Waals surface area contributed by atoms with Gasteiger partial charge in [-0.05, 0) is 31.9 Å². The van der Waals surface area contributed by atoms with Crippen LogP contribution in [0.4, 0.5) is 0 Å². The minimum atomic E-state index is -0.466. The summed E-state index contributed by atoms with van der Waals surface area (Å²) in [4.78, 5) is 25.2. The molecule has 2 rings (SSSR count). The molecule has 1 aromatic carbocycles. The van der Waals surface area contributed by atoms with Crippen LogP contribution in [-0.2, 0) is 0 Å². The quantitative estimate of drug-likeness (QED) is 0.864. The van der Waals surface area contributed by atoms with Crippen LogP contribution in [0.5, 0.6) is 0 Å². The zero-order valence-corrected chi connectivity index (χ0v) is 13.1. The molecule has 1 heterocycles. The topological polar surface area (TPSA) is 44.0 Å². The summed E-state index contributed by atoms with van der Waals surface area (Å²) in [6, 6.07) is 10.8. The van der Waals surface area contributed by atoms with Gasteiger partial charge < -0.3 is 0 Å². The highest BCUT2D eigenvalue weighted by molar-refractivity contribution is 5.84. The molecule has 0 fully saturated rings. The highest BCUT2D eigenvalue weighted by Crippen LogP contribution is 2.28. The van der Waals surface area contributed by atoms with Crippen LogP contribution in [0.25, 0.3) is 5.69 Å². The van der Waals surface area contributed by atoms with Crippen LogP contribution in [0, 0.1) is 12.3 Å². The molecule has 0 amide bonds. The van der Waals surface area contributed by atoms with Crippen molar-refractivity contribution in [3.63, 3.8) is 0 Å². The third kappa shape index (κ3) is 2.58. The summed E-state index contributed by atoms with van der Waals surface area (Å²) in [6.45, 7) is 7.76. The number of carbonyl (C=O) groups is 1. The molecule has 2 aromatic rings. The predicted molar refractivity (Wildman–Crippen MR) is 84.1 cm³/mol. The van der Waals surface area contributed by atoms with Crippen LogP contribution in [0.3, 0.4) is 0 Å². The van der Waals surface area contributed by atoms with Crippen LogP contribution in [0.15, 0.2) is 41.2 Å². The van der Waals surface area contributed by atoms with Crippen molar-refractivity contribution in [2.75, 3.05) is 0 Å². The van der Waals surface area contributed by atoms with E-state index in [2.05, 4.69) is 0 Å². The molecule has 112 valence electrons. The summed E-state index contributed by atoms with van der Waals surface area (Å²) in [6.07, 6.45) is 1.48. The molecule has 0 atom stereocenters. The summed E-state index contributed by atoms with van der Waals surface area (Å²) in [7, 11) is 0. The average Bonchev–Trinajstić information content (AvgIpc) is 2.80. The predicted octanol–water partition coefficient (Wildman–Crippen LogP) is 3.41. The molecule has 1 aromatic heterocycles. The van der Waals surface area contributed by atoms with E-state index in [9.17, 15) is 9.59 Å². The molecule has 0 bridgehead atoms. The normalized spacial score (nSPS) is 11.6. The van der Waals surface area contributed by atoms with Gasteiger partial charge in [-0.1, -0.05) is 39.0 Å². The van der Waals surface area contributed by atoms with E-state index in [4.69, 9.17) is 0 Å². The van der Waals surface area contributed by atoms with Gasteiger partial charge in [-0.25, -0.2) is 9.36 Å².